The van der Waals surface area contributed by atoms with Crippen LogP contribution in [0.25, 0.3) is 0 Å². The number of amides is 1. The van der Waals surface area contributed by atoms with Gasteiger partial charge in [0, 0.05) is 25.6 Å². The average molecular weight is 249 g/mol. The second-order valence-corrected chi connectivity index (χ2v) is 5.26. The Morgan fingerprint density at radius 3 is 2.69 bits per heavy atom. The van der Waals surface area contributed by atoms with Crippen molar-refractivity contribution in [1.82, 2.24) is 4.90 Å². The van der Waals surface area contributed by atoms with E-state index in [0.717, 1.165) is 25.9 Å². The fourth-order valence-corrected chi connectivity index (χ4v) is 2.22. The Balaban J connectivity index is 0.00000225. The molecule has 1 fully saturated rings. The van der Waals surface area contributed by atoms with Crippen molar-refractivity contribution in [2.75, 3.05) is 13.1 Å². The summed E-state index contributed by atoms with van der Waals surface area (Å²) in [5.41, 5.74) is 5.98. The van der Waals surface area contributed by atoms with Gasteiger partial charge in [-0.2, -0.15) is 0 Å². The van der Waals surface area contributed by atoms with Gasteiger partial charge in [-0.3, -0.25) is 4.79 Å². The molecule has 4 heteroatoms. The highest BCUT2D eigenvalue weighted by Crippen LogP contribution is 2.32. The lowest BCUT2D eigenvalue weighted by molar-refractivity contribution is -0.134. The molecule has 0 spiro atoms. The van der Waals surface area contributed by atoms with Crippen molar-refractivity contribution in [2.45, 2.75) is 52.5 Å². The number of carbonyl (C=O) groups excluding carboxylic acids is 1. The third-order valence-electron chi connectivity index (χ3n) is 3.48. The lowest BCUT2D eigenvalue weighted by Crippen LogP contribution is -2.45. The number of rotatable bonds is 3. The van der Waals surface area contributed by atoms with Crippen molar-refractivity contribution in [1.29, 1.82) is 0 Å². The summed E-state index contributed by atoms with van der Waals surface area (Å²) in [6, 6.07) is -0.0210. The number of hydrogen-bond donors (Lipinski definition) is 1. The Morgan fingerprint density at radius 2 is 2.19 bits per heavy atom. The average Bonchev–Trinajstić information content (AvgIpc) is 2.17. The second-order valence-electron chi connectivity index (χ2n) is 5.26. The molecule has 0 aromatic heterocycles. The van der Waals surface area contributed by atoms with Crippen LogP contribution in [0.5, 0.6) is 0 Å². The SMILES string of the molecule is CCC1(C)CCCN(C(=O)CC(C)N)C1.Cl. The lowest BCUT2D eigenvalue weighted by atomic mass is 9.79. The number of likely N-dealkylation sites (tertiary alicyclic amines) is 1. The molecule has 1 amide bonds. The van der Waals surface area contributed by atoms with Crippen LogP contribution in [0.4, 0.5) is 0 Å². The first-order valence-corrected chi connectivity index (χ1v) is 6.00. The van der Waals surface area contributed by atoms with E-state index in [1.807, 2.05) is 11.8 Å². The molecule has 1 aliphatic rings. The predicted octanol–water partition coefficient (Wildman–Crippen LogP) is 2.18. The van der Waals surface area contributed by atoms with Gasteiger partial charge in [-0.1, -0.05) is 13.8 Å². The molecule has 0 radical (unpaired) electrons. The number of nitrogens with zero attached hydrogens (tertiary/aromatic N) is 1. The fraction of sp³-hybridized carbons (Fsp3) is 0.917. The quantitative estimate of drug-likeness (QED) is 0.832. The molecule has 0 aliphatic carbocycles. The third-order valence-corrected chi connectivity index (χ3v) is 3.48. The minimum atomic E-state index is -0.0210. The van der Waals surface area contributed by atoms with Gasteiger partial charge in [0.2, 0.25) is 5.91 Å². The summed E-state index contributed by atoms with van der Waals surface area (Å²) in [7, 11) is 0. The normalized spacial score (nSPS) is 27.1. The molecular formula is C12H25ClN2O. The van der Waals surface area contributed by atoms with Crippen LogP contribution < -0.4 is 5.73 Å². The van der Waals surface area contributed by atoms with Crippen LogP contribution in [0, 0.1) is 5.41 Å². The van der Waals surface area contributed by atoms with E-state index in [2.05, 4.69) is 13.8 Å². The highest BCUT2D eigenvalue weighted by Gasteiger charge is 2.31. The van der Waals surface area contributed by atoms with Gasteiger partial charge in [0.25, 0.3) is 0 Å². The Labute approximate surface area is 105 Å². The molecule has 0 aromatic carbocycles. The molecule has 2 unspecified atom stereocenters. The Kier molecular flexibility index (Phi) is 6.34. The topological polar surface area (TPSA) is 46.3 Å². The molecule has 2 atom stereocenters. The predicted molar refractivity (Wildman–Crippen MR) is 69.7 cm³/mol. The van der Waals surface area contributed by atoms with Crippen LogP contribution in [0.1, 0.15) is 46.5 Å². The van der Waals surface area contributed by atoms with Crippen molar-refractivity contribution in [3.63, 3.8) is 0 Å². The number of carbonyl (C=O) groups is 1. The van der Waals surface area contributed by atoms with E-state index in [4.69, 9.17) is 5.73 Å². The smallest absolute Gasteiger partial charge is 0.224 e. The fourth-order valence-electron chi connectivity index (χ4n) is 2.22. The van der Waals surface area contributed by atoms with Gasteiger partial charge in [0.05, 0.1) is 0 Å². The van der Waals surface area contributed by atoms with E-state index in [9.17, 15) is 4.79 Å². The molecule has 1 heterocycles. The van der Waals surface area contributed by atoms with Gasteiger partial charge < -0.3 is 10.6 Å². The largest absolute Gasteiger partial charge is 0.342 e. The summed E-state index contributed by atoms with van der Waals surface area (Å²) in [6.45, 7) is 8.20. The maximum absolute atomic E-state index is 11.9. The van der Waals surface area contributed by atoms with E-state index in [1.165, 1.54) is 6.42 Å². The summed E-state index contributed by atoms with van der Waals surface area (Å²) < 4.78 is 0. The van der Waals surface area contributed by atoms with Gasteiger partial charge in [-0.25, -0.2) is 0 Å². The van der Waals surface area contributed by atoms with Gasteiger partial charge in [-0.05, 0) is 31.6 Å². The highest BCUT2D eigenvalue weighted by molar-refractivity contribution is 5.85. The van der Waals surface area contributed by atoms with Crippen molar-refractivity contribution in [3.8, 4) is 0 Å². The lowest BCUT2D eigenvalue weighted by Gasteiger charge is -2.40. The zero-order valence-electron chi connectivity index (χ0n) is 10.7. The van der Waals surface area contributed by atoms with Crippen LogP contribution >= 0.6 is 12.4 Å². The van der Waals surface area contributed by atoms with Gasteiger partial charge in [-0.15, -0.1) is 12.4 Å². The minimum Gasteiger partial charge on any atom is -0.342 e. The molecular weight excluding hydrogens is 224 g/mol. The van der Waals surface area contributed by atoms with Crippen LogP contribution in [0.15, 0.2) is 0 Å². The first-order valence-electron chi connectivity index (χ1n) is 6.00. The Hall–Kier alpha value is -0.280. The van der Waals surface area contributed by atoms with Gasteiger partial charge >= 0.3 is 0 Å². The molecule has 16 heavy (non-hydrogen) atoms. The van der Waals surface area contributed by atoms with Crippen molar-refractivity contribution in [3.05, 3.63) is 0 Å². The number of piperidine rings is 1. The van der Waals surface area contributed by atoms with E-state index in [0.29, 0.717) is 11.8 Å². The van der Waals surface area contributed by atoms with Crippen molar-refractivity contribution in [2.24, 2.45) is 11.1 Å². The Bertz CT molecular complexity index is 233. The molecule has 1 saturated heterocycles. The zero-order chi connectivity index (χ0) is 11.5. The molecule has 0 saturated carbocycles. The monoisotopic (exact) mass is 248 g/mol. The molecule has 96 valence electrons. The standard InChI is InChI=1S/C12H24N2O.ClH/c1-4-12(3)6-5-7-14(9-12)11(15)8-10(2)13;/h10H,4-9,13H2,1-3H3;1H. The Morgan fingerprint density at radius 1 is 1.56 bits per heavy atom. The number of halogens is 1. The summed E-state index contributed by atoms with van der Waals surface area (Å²) in [5, 5.41) is 0. The molecule has 2 N–H and O–H groups in total. The number of nitrogens with two attached hydrogens (primary N) is 1. The van der Waals surface area contributed by atoms with Crippen LogP contribution in [-0.2, 0) is 4.79 Å². The third kappa shape index (κ3) is 4.30. The molecule has 0 bridgehead atoms. The van der Waals surface area contributed by atoms with E-state index >= 15 is 0 Å². The van der Waals surface area contributed by atoms with E-state index < -0.39 is 0 Å². The van der Waals surface area contributed by atoms with Crippen LogP contribution in [0.2, 0.25) is 0 Å². The van der Waals surface area contributed by atoms with Crippen LogP contribution in [-0.4, -0.2) is 29.9 Å². The van der Waals surface area contributed by atoms with Crippen molar-refractivity contribution < 1.29 is 4.79 Å². The summed E-state index contributed by atoms with van der Waals surface area (Å²) in [5.74, 6) is 0.226. The van der Waals surface area contributed by atoms with Gasteiger partial charge in [0.1, 0.15) is 0 Å². The zero-order valence-corrected chi connectivity index (χ0v) is 11.5. The summed E-state index contributed by atoms with van der Waals surface area (Å²) >= 11 is 0. The maximum atomic E-state index is 11.9. The molecule has 0 aromatic rings. The summed E-state index contributed by atoms with van der Waals surface area (Å²) in [6.07, 6.45) is 4.01. The maximum Gasteiger partial charge on any atom is 0.224 e. The van der Waals surface area contributed by atoms with Gasteiger partial charge in [0.15, 0.2) is 0 Å². The van der Waals surface area contributed by atoms with Crippen LogP contribution in [0.3, 0.4) is 0 Å². The first-order chi connectivity index (χ1) is 6.97. The van der Waals surface area contributed by atoms with E-state index in [-0.39, 0.29) is 24.4 Å². The minimum absolute atomic E-state index is 0. The molecule has 1 rings (SSSR count). The molecule has 3 nitrogen and oxygen atoms in total. The van der Waals surface area contributed by atoms with E-state index in [1.54, 1.807) is 0 Å². The highest BCUT2D eigenvalue weighted by atomic mass is 35.5. The second kappa shape index (κ2) is 6.45. The number of hydrogen-bond acceptors (Lipinski definition) is 2. The molecule has 1 aliphatic heterocycles. The first kappa shape index (κ1) is 15.7. The summed E-state index contributed by atoms with van der Waals surface area (Å²) in [4.78, 5) is 13.9. The van der Waals surface area contributed by atoms with Crippen molar-refractivity contribution >= 4 is 18.3 Å².